The van der Waals surface area contributed by atoms with E-state index in [2.05, 4.69) is 32.9 Å². The number of hydrogen-bond acceptors (Lipinski definition) is 4. The quantitative estimate of drug-likeness (QED) is 0.581. The second-order valence-corrected chi connectivity index (χ2v) is 8.42. The third-order valence-electron chi connectivity index (χ3n) is 3.76. The highest BCUT2D eigenvalue weighted by Gasteiger charge is 2.23. The molecular weight excluding hydrogens is 459 g/mol. The fourth-order valence-electron chi connectivity index (χ4n) is 2.69. The predicted octanol–water partition coefficient (Wildman–Crippen LogP) is 3.68. The summed E-state index contributed by atoms with van der Waals surface area (Å²) in [7, 11) is 0. The summed E-state index contributed by atoms with van der Waals surface area (Å²) >= 11 is 2.14. The Kier molecular flexibility index (Phi) is 5.27. The maximum Gasteiger partial charge on any atom is 0.408 e. The second kappa shape index (κ2) is 7.34. The van der Waals surface area contributed by atoms with E-state index in [1.165, 1.54) is 8.97 Å². The number of nitrogens with one attached hydrogen (secondary N) is 1. The van der Waals surface area contributed by atoms with Crippen LogP contribution in [0.2, 0.25) is 0 Å². The highest BCUT2D eigenvalue weighted by molar-refractivity contribution is 14.1. The number of rotatable bonds is 3. The second-order valence-electron chi connectivity index (χ2n) is 7.18. The molecule has 0 saturated carbocycles. The van der Waals surface area contributed by atoms with E-state index in [0.29, 0.717) is 17.2 Å². The lowest BCUT2D eigenvalue weighted by molar-refractivity contribution is 0.0505. The van der Waals surface area contributed by atoms with E-state index in [4.69, 9.17) is 4.74 Å². The van der Waals surface area contributed by atoms with Crippen LogP contribution < -0.4 is 11.0 Å². The molecule has 0 saturated heterocycles. The molecule has 142 valence electrons. The summed E-state index contributed by atoms with van der Waals surface area (Å²) in [4.78, 5) is 29.9. The summed E-state index contributed by atoms with van der Waals surface area (Å²) in [6, 6.07) is 10.5. The summed E-state index contributed by atoms with van der Waals surface area (Å²) in [5.74, 6) is 0.430. The van der Waals surface area contributed by atoms with E-state index < -0.39 is 17.7 Å². The zero-order valence-corrected chi connectivity index (χ0v) is 17.7. The molecule has 3 aromatic rings. The van der Waals surface area contributed by atoms with Crippen molar-refractivity contribution in [1.82, 2.24) is 19.3 Å². The molecule has 0 bridgehead atoms. The minimum Gasteiger partial charge on any atom is -0.444 e. The Morgan fingerprint density at radius 1 is 1.26 bits per heavy atom. The van der Waals surface area contributed by atoms with E-state index in [-0.39, 0.29) is 5.69 Å². The molecule has 0 aliphatic heterocycles. The van der Waals surface area contributed by atoms with Gasteiger partial charge in [-0.3, -0.25) is 4.40 Å². The number of ether oxygens (including phenoxy) is 1. The zero-order chi connectivity index (χ0) is 19.8. The van der Waals surface area contributed by atoms with Gasteiger partial charge in [0.25, 0.3) is 0 Å². The van der Waals surface area contributed by atoms with Crippen LogP contribution in [0.25, 0.3) is 11.3 Å². The van der Waals surface area contributed by atoms with Crippen molar-refractivity contribution in [3.05, 3.63) is 62.5 Å². The van der Waals surface area contributed by atoms with Crippen LogP contribution in [0.5, 0.6) is 0 Å². The summed E-state index contributed by atoms with van der Waals surface area (Å²) in [6.45, 7) is 7.16. The molecule has 3 rings (SSSR count). The highest BCUT2D eigenvalue weighted by Crippen LogP contribution is 2.18. The lowest BCUT2D eigenvalue weighted by Crippen LogP contribution is -2.38. The van der Waals surface area contributed by atoms with Gasteiger partial charge >= 0.3 is 11.8 Å². The monoisotopic (exact) mass is 480 g/mol. The molecule has 8 heteroatoms. The first-order valence-electron chi connectivity index (χ1n) is 8.51. The van der Waals surface area contributed by atoms with Gasteiger partial charge < -0.3 is 10.1 Å². The van der Waals surface area contributed by atoms with E-state index in [1.807, 2.05) is 36.4 Å². The average Bonchev–Trinajstić information content (AvgIpc) is 2.94. The molecule has 1 unspecified atom stereocenters. The molecule has 27 heavy (non-hydrogen) atoms. The Bertz CT molecular complexity index is 1030. The molecule has 1 amide bonds. The average molecular weight is 480 g/mol. The minimum absolute atomic E-state index is 0.248. The maximum absolute atomic E-state index is 13.1. The number of carbonyl (C=O) groups is 1. The van der Waals surface area contributed by atoms with Gasteiger partial charge in [-0.1, -0.05) is 18.2 Å². The number of alkyl carbamates (subject to hydrolysis) is 1. The van der Waals surface area contributed by atoms with Gasteiger partial charge in [0, 0.05) is 9.77 Å². The zero-order valence-electron chi connectivity index (χ0n) is 15.6. The van der Waals surface area contributed by atoms with Gasteiger partial charge in [-0.25, -0.2) is 19.1 Å². The van der Waals surface area contributed by atoms with Gasteiger partial charge in [-0.15, -0.1) is 0 Å². The van der Waals surface area contributed by atoms with Crippen LogP contribution >= 0.6 is 22.6 Å². The number of fused-ring (bicyclic) bond motifs is 1. The first-order valence-corrected chi connectivity index (χ1v) is 9.59. The fraction of sp³-hybridized carbons (Fsp3) is 0.316. The number of hydrogen-bond donors (Lipinski definition) is 1. The molecule has 1 N–H and O–H groups in total. The largest absolute Gasteiger partial charge is 0.444 e. The summed E-state index contributed by atoms with van der Waals surface area (Å²) in [5.41, 5.74) is 0.345. The standard InChI is InChI=1S/C19H21IN4O3/c1-12(21-17(25)27-19(2,3)4)16-22-15-10-13(20)11-23(15)18(26)24(16)14-8-6-5-7-9-14/h5-12H,1-4H3,(H,21,25). The van der Waals surface area contributed by atoms with Crippen molar-refractivity contribution in [3.8, 4) is 5.69 Å². The highest BCUT2D eigenvalue weighted by atomic mass is 127. The van der Waals surface area contributed by atoms with Crippen LogP contribution in [0.3, 0.4) is 0 Å². The third-order valence-corrected chi connectivity index (χ3v) is 4.35. The number of benzene rings is 1. The van der Waals surface area contributed by atoms with Crippen molar-refractivity contribution in [1.29, 1.82) is 0 Å². The number of carbonyl (C=O) groups excluding carboxylic acids is 1. The summed E-state index contributed by atoms with van der Waals surface area (Å²) < 4.78 is 9.23. The lowest BCUT2D eigenvalue weighted by atomic mass is 10.2. The van der Waals surface area contributed by atoms with E-state index in [9.17, 15) is 9.59 Å². The molecule has 0 spiro atoms. The normalized spacial score (nSPS) is 12.8. The molecule has 0 aliphatic rings. The van der Waals surface area contributed by atoms with Gasteiger partial charge in [0.05, 0.1) is 11.7 Å². The van der Waals surface area contributed by atoms with Gasteiger partial charge in [0.1, 0.15) is 17.1 Å². The third kappa shape index (κ3) is 4.32. The van der Waals surface area contributed by atoms with Crippen molar-refractivity contribution < 1.29 is 9.53 Å². The van der Waals surface area contributed by atoms with Gasteiger partial charge in [0.15, 0.2) is 0 Å². The molecule has 0 aliphatic carbocycles. The van der Waals surface area contributed by atoms with Crippen LogP contribution in [0.1, 0.15) is 39.6 Å². The Labute approximate surface area is 170 Å². The number of amides is 1. The van der Waals surface area contributed by atoms with E-state index in [1.54, 1.807) is 33.9 Å². The lowest BCUT2D eigenvalue weighted by Gasteiger charge is -2.23. The maximum atomic E-state index is 13.1. The minimum atomic E-state index is -0.613. The molecule has 0 radical (unpaired) electrons. The number of nitrogens with zero attached hydrogens (tertiary/aromatic N) is 3. The Balaban J connectivity index is 2.10. The molecule has 2 aromatic heterocycles. The number of aromatic nitrogens is 3. The van der Waals surface area contributed by atoms with Crippen molar-refractivity contribution in [2.24, 2.45) is 0 Å². The Hall–Kier alpha value is -2.36. The summed E-state index contributed by atoms with van der Waals surface area (Å²) in [5, 5.41) is 2.77. The number of halogens is 1. The first-order chi connectivity index (χ1) is 12.7. The molecule has 2 heterocycles. The Morgan fingerprint density at radius 2 is 1.93 bits per heavy atom. The molecule has 1 aromatic carbocycles. The van der Waals surface area contributed by atoms with Gasteiger partial charge in [-0.2, -0.15) is 0 Å². The molecule has 1 atom stereocenters. The van der Waals surface area contributed by atoms with Crippen molar-refractivity contribution >= 4 is 34.3 Å². The van der Waals surface area contributed by atoms with Gasteiger partial charge in [0.2, 0.25) is 0 Å². The van der Waals surface area contributed by atoms with Crippen molar-refractivity contribution in [2.45, 2.75) is 39.3 Å². The molecule has 0 fully saturated rings. The van der Waals surface area contributed by atoms with Crippen molar-refractivity contribution in [3.63, 3.8) is 0 Å². The van der Waals surface area contributed by atoms with Crippen molar-refractivity contribution in [2.75, 3.05) is 0 Å². The summed E-state index contributed by atoms with van der Waals surface area (Å²) in [6.07, 6.45) is 1.18. The molecule has 7 nitrogen and oxygen atoms in total. The van der Waals surface area contributed by atoms with Crippen LogP contribution in [0, 0.1) is 3.57 Å². The molecular formula is C19H21IN4O3. The van der Waals surface area contributed by atoms with Gasteiger partial charge in [-0.05, 0) is 68.5 Å². The van der Waals surface area contributed by atoms with E-state index >= 15 is 0 Å². The predicted molar refractivity (Wildman–Crippen MR) is 111 cm³/mol. The van der Waals surface area contributed by atoms with Crippen LogP contribution in [-0.4, -0.2) is 25.6 Å². The van der Waals surface area contributed by atoms with E-state index in [0.717, 1.165) is 3.57 Å². The van der Waals surface area contributed by atoms with Crippen LogP contribution in [-0.2, 0) is 4.74 Å². The number of para-hydroxylation sites is 1. The SMILES string of the molecule is CC(NC(=O)OC(C)(C)C)c1nc2cc(I)cn2c(=O)n1-c1ccccc1. The Morgan fingerprint density at radius 3 is 2.56 bits per heavy atom. The van der Waals surface area contributed by atoms with Crippen LogP contribution in [0.15, 0.2) is 47.4 Å². The first kappa shape index (κ1) is 19.4. The van der Waals surface area contributed by atoms with Crippen LogP contribution in [0.4, 0.5) is 4.79 Å². The smallest absolute Gasteiger partial charge is 0.408 e. The topological polar surface area (TPSA) is 77.6 Å². The fourth-order valence-corrected chi connectivity index (χ4v) is 3.25.